The highest BCUT2D eigenvalue weighted by Crippen LogP contribution is 2.27. The van der Waals surface area contributed by atoms with E-state index in [0.717, 1.165) is 17.7 Å². The van der Waals surface area contributed by atoms with Gasteiger partial charge in [0.25, 0.3) is 0 Å². The number of thioether (sulfide) groups is 1. The van der Waals surface area contributed by atoms with Gasteiger partial charge in [-0.2, -0.15) is 0 Å². The molecule has 2 rings (SSSR count). The maximum Gasteiger partial charge on any atom is 0.242 e. The van der Waals surface area contributed by atoms with E-state index in [9.17, 15) is 9.59 Å². The van der Waals surface area contributed by atoms with Crippen LogP contribution in [0.15, 0.2) is 42.5 Å². The lowest BCUT2D eigenvalue weighted by Gasteiger charge is -2.31. The summed E-state index contributed by atoms with van der Waals surface area (Å²) in [5.41, 5.74) is 3.03. The Bertz CT molecular complexity index is 854. The molecule has 1 atom stereocenters. The van der Waals surface area contributed by atoms with Gasteiger partial charge in [0.15, 0.2) is 0 Å². The molecule has 0 fully saturated rings. The lowest BCUT2D eigenvalue weighted by Crippen LogP contribution is -2.49. The number of amides is 2. The summed E-state index contributed by atoms with van der Waals surface area (Å²) in [5, 5.41) is 3.89. The van der Waals surface area contributed by atoms with Gasteiger partial charge in [-0.25, -0.2) is 0 Å². The largest absolute Gasteiger partial charge is 0.354 e. The second-order valence-corrected chi connectivity index (χ2v) is 9.22. The van der Waals surface area contributed by atoms with Crippen LogP contribution in [0.1, 0.15) is 43.4 Å². The van der Waals surface area contributed by atoms with Gasteiger partial charge in [-0.15, -0.1) is 11.8 Å². The minimum Gasteiger partial charge on any atom is -0.354 e. The molecule has 0 radical (unpaired) electrons. The molecule has 2 amide bonds. The number of rotatable bonds is 11. The van der Waals surface area contributed by atoms with E-state index in [1.165, 1.54) is 17.3 Å². The zero-order chi connectivity index (χ0) is 22.8. The number of nitrogens with one attached hydrogen (secondary N) is 1. The molecule has 0 saturated heterocycles. The topological polar surface area (TPSA) is 49.4 Å². The Morgan fingerprint density at radius 2 is 1.71 bits per heavy atom. The van der Waals surface area contributed by atoms with Gasteiger partial charge < -0.3 is 10.2 Å². The zero-order valence-corrected chi connectivity index (χ0v) is 20.6. The van der Waals surface area contributed by atoms with Crippen molar-refractivity contribution in [2.75, 3.05) is 12.3 Å². The van der Waals surface area contributed by atoms with Crippen LogP contribution in [0, 0.1) is 6.92 Å². The van der Waals surface area contributed by atoms with E-state index in [1.807, 2.05) is 20.8 Å². The second kappa shape index (κ2) is 13.0. The van der Waals surface area contributed by atoms with Crippen molar-refractivity contribution in [1.29, 1.82) is 0 Å². The molecule has 0 aliphatic heterocycles. The summed E-state index contributed by atoms with van der Waals surface area (Å²) in [4.78, 5) is 27.6. The van der Waals surface area contributed by atoms with Crippen molar-refractivity contribution >= 4 is 46.8 Å². The Morgan fingerprint density at radius 3 is 2.29 bits per heavy atom. The van der Waals surface area contributed by atoms with E-state index >= 15 is 0 Å². The number of hydrogen-bond acceptors (Lipinski definition) is 3. The molecule has 7 heteroatoms. The van der Waals surface area contributed by atoms with Crippen molar-refractivity contribution in [3.8, 4) is 0 Å². The van der Waals surface area contributed by atoms with Crippen LogP contribution in [0.4, 0.5) is 0 Å². The van der Waals surface area contributed by atoms with Gasteiger partial charge in [-0.05, 0) is 37.5 Å². The van der Waals surface area contributed by atoms with E-state index in [1.54, 1.807) is 23.1 Å². The first kappa shape index (κ1) is 25.6. The fourth-order valence-electron chi connectivity index (χ4n) is 3.16. The number of hydrogen-bond donors (Lipinski definition) is 1. The van der Waals surface area contributed by atoms with E-state index in [2.05, 4.69) is 29.6 Å². The quantitative estimate of drug-likeness (QED) is 0.437. The first-order chi connectivity index (χ1) is 14.9. The van der Waals surface area contributed by atoms with Gasteiger partial charge in [0.1, 0.15) is 6.04 Å². The van der Waals surface area contributed by atoms with Crippen molar-refractivity contribution < 1.29 is 9.59 Å². The molecule has 0 heterocycles. The molecular weight excluding hydrogens is 451 g/mol. The van der Waals surface area contributed by atoms with Gasteiger partial charge >= 0.3 is 0 Å². The monoisotopic (exact) mass is 480 g/mol. The third kappa shape index (κ3) is 7.74. The standard InChI is InChI=1S/C24H30Cl2N2O2S/c1-4-13-27-24(30)22(5-2)28(14-19-20(25)7-6-8-21(19)26)23(29)16-31-15-18-11-9-17(3)10-12-18/h6-12,22H,4-5,13-16H2,1-3H3,(H,27,30)/t22-/m0/s1. The van der Waals surface area contributed by atoms with Crippen LogP contribution in [-0.2, 0) is 21.9 Å². The van der Waals surface area contributed by atoms with Gasteiger partial charge in [-0.3, -0.25) is 9.59 Å². The summed E-state index contributed by atoms with van der Waals surface area (Å²) < 4.78 is 0. The average molecular weight is 481 g/mol. The third-order valence-electron chi connectivity index (χ3n) is 4.94. The molecule has 2 aromatic carbocycles. The Hall–Kier alpha value is -1.69. The Labute approximate surface area is 199 Å². The molecule has 0 bridgehead atoms. The molecule has 31 heavy (non-hydrogen) atoms. The average Bonchev–Trinajstić information content (AvgIpc) is 2.75. The Balaban J connectivity index is 2.17. The van der Waals surface area contributed by atoms with E-state index in [-0.39, 0.29) is 24.1 Å². The van der Waals surface area contributed by atoms with Crippen LogP contribution in [0.25, 0.3) is 0 Å². The second-order valence-electron chi connectivity index (χ2n) is 7.42. The third-order valence-corrected chi connectivity index (χ3v) is 6.64. The molecule has 168 valence electrons. The number of aryl methyl sites for hydroxylation is 1. The molecule has 0 aromatic heterocycles. The van der Waals surface area contributed by atoms with Gasteiger partial charge in [-0.1, -0.05) is 72.9 Å². The van der Waals surface area contributed by atoms with E-state index in [0.29, 0.717) is 28.6 Å². The molecule has 0 spiro atoms. The fourth-order valence-corrected chi connectivity index (χ4v) is 4.55. The van der Waals surface area contributed by atoms with Gasteiger partial charge in [0, 0.05) is 34.5 Å². The van der Waals surface area contributed by atoms with Crippen LogP contribution in [0.5, 0.6) is 0 Å². The van der Waals surface area contributed by atoms with Crippen molar-refractivity contribution in [2.24, 2.45) is 0 Å². The van der Waals surface area contributed by atoms with E-state index < -0.39 is 6.04 Å². The van der Waals surface area contributed by atoms with Gasteiger partial charge in [0.2, 0.25) is 11.8 Å². The van der Waals surface area contributed by atoms with Crippen LogP contribution >= 0.6 is 35.0 Å². The number of benzene rings is 2. The molecule has 1 N–H and O–H groups in total. The molecule has 0 aliphatic rings. The Kier molecular flexibility index (Phi) is 10.7. The predicted molar refractivity (Wildman–Crippen MR) is 132 cm³/mol. The highest BCUT2D eigenvalue weighted by molar-refractivity contribution is 7.99. The lowest BCUT2D eigenvalue weighted by atomic mass is 10.1. The Morgan fingerprint density at radius 1 is 1.06 bits per heavy atom. The first-order valence-corrected chi connectivity index (χ1v) is 12.4. The number of nitrogens with zero attached hydrogens (tertiary/aromatic N) is 1. The van der Waals surface area contributed by atoms with Crippen LogP contribution in [-0.4, -0.2) is 35.1 Å². The molecule has 2 aromatic rings. The van der Waals surface area contributed by atoms with Crippen molar-refractivity contribution in [1.82, 2.24) is 10.2 Å². The lowest BCUT2D eigenvalue weighted by molar-refractivity contribution is -0.139. The van der Waals surface area contributed by atoms with Gasteiger partial charge in [0.05, 0.1) is 5.75 Å². The van der Waals surface area contributed by atoms with Crippen molar-refractivity contribution in [3.05, 3.63) is 69.2 Å². The molecule has 0 unspecified atom stereocenters. The maximum absolute atomic E-state index is 13.2. The zero-order valence-electron chi connectivity index (χ0n) is 18.3. The summed E-state index contributed by atoms with van der Waals surface area (Å²) in [5.74, 6) is 0.745. The summed E-state index contributed by atoms with van der Waals surface area (Å²) in [7, 11) is 0. The summed E-state index contributed by atoms with van der Waals surface area (Å²) in [6, 6.07) is 13.0. The molecular formula is C24H30Cl2N2O2S. The van der Waals surface area contributed by atoms with Crippen LogP contribution in [0.2, 0.25) is 10.0 Å². The van der Waals surface area contributed by atoms with Crippen molar-refractivity contribution in [3.63, 3.8) is 0 Å². The summed E-state index contributed by atoms with van der Waals surface area (Å²) >= 11 is 14.3. The number of halogens is 2. The van der Waals surface area contributed by atoms with Crippen LogP contribution in [0.3, 0.4) is 0 Å². The fraction of sp³-hybridized carbons (Fsp3) is 0.417. The predicted octanol–water partition coefficient (Wildman–Crippen LogP) is 5.87. The minimum absolute atomic E-state index is 0.105. The highest BCUT2D eigenvalue weighted by Gasteiger charge is 2.29. The smallest absolute Gasteiger partial charge is 0.242 e. The highest BCUT2D eigenvalue weighted by atomic mass is 35.5. The maximum atomic E-state index is 13.2. The molecule has 0 aliphatic carbocycles. The normalized spacial score (nSPS) is 11.8. The summed E-state index contributed by atoms with van der Waals surface area (Å²) in [6.07, 6.45) is 1.34. The minimum atomic E-state index is -0.577. The SMILES string of the molecule is CCCNC(=O)[C@H](CC)N(Cc1c(Cl)cccc1Cl)C(=O)CSCc1ccc(C)cc1. The molecule has 0 saturated carbocycles. The first-order valence-electron chi connectivity index (χ1n) is 10.5. The van der Waals surface area contributed by atoms with E-state index in [4.69, 9.17) is 23.2 Å². The number of carbonyl (C=O) groups is 2. The van der Waals surface area contributed by atoms with Crippen molar-refractivity contribution in [2.45, 2.75) is 52.0 Å². The van der Waals surface area contributed by atoms with Crippen LogP contribution < -0.4 is 5.32 Å². The summed E-state index contributed by atoms with van der Waals surface area (Å²) in [6.45, 7) is 6.72. The molecule has 4 nitrogen and oxygen atoms in total. The number of carbonyl (C=O) groups excluding carboxylic acids is 2.